The lowest BCUT2D eigenvalue weighted by Gasteiger charge is -2.21. The van der Waals surface area contributed by atoms with Crippen LogP contribution in [-0.4, -0.2) is 22.9 Å². The van der Waals surface area contributed by atoms with Gasteiger partial charge in [-0.25, -0.2) is 4.98 Å². The Labute approximate surface area is 179 Å². The van der Waals surface area contributed by atoms with Crippen molar-refractivity contribution in [1.82, 2.24) is 4.98 Å². The molecule has 0 saturated heterocycles. The molecule has 1 aromatic carbocycles. The highest BCUT2D eigenvalue weighted by atomic mass is 32.1. The molecule has 30 heavy (non-hydrogen) atoms. The number of carbonyl (C=O) groups is 1. The summed E-state index contributed by atoms with van der Waals surface area (Å²) < 4.78 is 11.1. The summed E-state index contributed by atoms with van der Waals surface area (Å²) in [5.41, 5.74) is 5.04. The Kier molecular flexibility index (Phi) is 4.89. The van der Waals surface area contributed by atoms with Gasteiger partial charge in [-0.15, -0.1) is 11.3 Å². The Morgan fingerprint density at radius 3 is 2.83 bits per heavy atom. The molecule has 0 fully saturated rings. The number of pyridine rings is 1. The number of benzene rings is 1. The van der Waals surface area contributed by atoms with Crippen molar-refractivity contribution in [3.05, 3.63) is 39.9 Å². The van der Waals surface area contributed by atoms with Gasteiger partial charge in [0.2, 0.25) is 6.79 Å². The number of carboxylic acids is 1. The smallest absolute Gasteiger partial charge is 0.311 e. The summed E-state index contributed by atoms with van der Waals surface area (Å²) in [6, 6.07) is 5.96. The minimum absolute atomic E-state index is 0.220. The third-order valence-electron chi connectivity index (χ3n) is 6.22. The number of fused-ring (bicyclic) bond motifs is 4. The second-order valence-corrected chi connectivity index (χ2v) is 9.21. The number of carboxylic acid groups (broad SMARTS) is 1. The van der Waals surface area contributed by atoms with Crippen molar-refractivity contribution < 1.29 is 19.4 Å². The van der Waals surface area contributed by atoms with Gasteiger partial charge >= 0.3 is 5.97 Å². The molecule has 2 aliphatic rings. The highest BCUT2D eigenvalue weighted by molar-refractivity contribution is 7.19. The molecule has 0 amide bonds. The van der Waals surface area contributed by atoms with Crippen molar-refractivity contribution in [2.45, 2.75) is 58.3 Å². The molecule has 5 nitrogen and oxygen atoms in total. The van der Waals surface area contributed by atoms with E-state index in [4.69, 9.17) is 14.5 Å². The van der Waals surface area contributed by atoms with Crippen LogP contribution in [0.5, 0.6) is 11.5 Å². The van der Waals surface area contributed by atoms with Gasteiger partial charge in [-0.3, -0.25) is 4.79 Å². The zero-order valence-corrected chi connectivity index (χ0v) is 18.1. The third kappa shape index (κ3) is 3.05. The van der Waals surface area contributed by atoms with E-state index in [-0.39, 0.29) is 6.79 Å². The van der Waals surface area contributed by atoms with Crippen LogP contribution in [0.3, 0.4) is 0 Å². The normalized spacial score (nSPS) is 15.9. The average Bonchev–Trinajstić information content (AvgIpc) is 3.34. The molecule has 6 heteroatoms. The Hall–Kier alpha value is -2.60. The second kappa shape index (κ2) is 7.58. The van der Waals surface area contributed by atoms with Crippen molar-refractivity contribution >= 4 is 27.5 Å². The van der Waals surface area contributed by atoms with Crippen molar-refractivity contribution in [2.24, 2.45) is 0 Å². The summed E-state index contributed by atoms with van der Waals surface area (Å²) in [6.45, 7) is 4.21. The number of hydrogen-bond donors (Lipinski definition) is 1. The average molecular weight is 424 g/mol. The van der Waals surface area contributed by atoms with E-state index >= 15 is 0 Å². The maximum Gasteiger partial charge on any atom is 0.311 e. The lowest BCUT2D eigenvalue weighted by Crippen LogP contribution is -2.15. The van der Waals surface area contributed by atoms with Crippen LogP contribution in [0.25, 0.3) is 21.3 Å². The fourth-order valence-corrected chi connectivity index (χ4v) is 6.19. The Bertz CT molecular complexity index is 1150. The summed E-state index contributed by atoms with van der Waals surface area (Å²) in [4.78, 5) is 19.7. The van der Waals surface area contributed by atoms with E-state index in [9.17, 15) is 9.90 Å². The van der Waals surface area contributed by atoms with Crippen LogP contribution in [0.15, 0.2) is 18.2 Å². The van der Waals surface area contributed by atoms with E-state index < -0.39 is 11.9 Å². The number of aryl methyl sites for hydroxylation is 3. The molecule has 1 N–H and O–H groups in total. The van der Waals surface area contributed by atoms with E-state index in [1.54, 1.807) is 11.3 Å². The number of thiophene rings is 1. The molecule has 0 spiro atoms. The fourth-order valence-electron chi connectivity index (χ4n) is 4.87. The van der Waals surface area contributed by atoms with E-state index in [1.165, 1.54) is 23.3 Å². The van der Waals surface area contributed by atoms with Crippen LogP contribution in [0.4, 0.5) is 0 Å². The predicted molar refractivity (Wildman–Crippen MR) is 118 cm³/mol. The van der Waals surface area contributed by atoms with Crippen molar-refractivity contribution in [1.29, 1.82) is 0 Å². The van der Waals surface area contributed by atoms with E-state index in [0.717, 1.165) is 57.6 Å². The Balaban J connectivity index is 1.85. The first-order chi connectivity index (χ1) is 14.6. The second-order valence-electron chi connectivity index (χ2n) is 8.12. The molecule has 0 bridgehead atoms. The Morgan fingerprint density at radius 2 is 2.03 bits per heavy atom. The van der Waals surface area contributed by atoms with Crippen molar-refractivity contribution in [3.63, 3.8) is 0 Å². The van der Waals surface area contributed by atoms with Gasteiger partial charge in [0.15, 0.2) is 11.5 Å². The predicted octanol–water partition coefficient (Wildman–Crippen LogP) is 5.85. The van der Waals surface area contributed by atoms with Gasteiger partial charge in [0.25, 0.3) is 0 Å². The molecule has 2 aromatic heterocycles. The molecule has 1 unspecified atom stereocenters. The van der Waals surface area contributed by atoms with Crippen LogP contribution in [0.1, 0.15) is 60.2 Å². The number of aliphatic carboxylic acids is 1. The molecule has 0 radical (unpaired) electrons. The molecule has 1 aliphatic heterocycles. The lowest BCUT2D eigenvalue weighted by atomic mass is 9.83. The summed E-state index contributed by atoms with van der Waals surface area (Å²) >= 11 is 1.78. The highest BCUT2D eigenvalue weighted by Crippen LogP contribution is 2.47. The maximum atomic E-state index is 12.3. The summed E-state index contributed by atoms with van der Waals surface area (Å²) in [5.74, 6) is 0.0872. The molecular formula is C24H25NO4S. The lowest BCUT2D eigenvalue weighted by molar-refractivity contribution is -0.139. The summed E-state index contributed by atoms with van der Waals surface area (Å²) in [6.07, 6.45) is 5.88. The molecular weight excluding hydrogens is 398 g/mol. The Morgan fingerprint density at radius 1 is 1.23 bits per heavy atom. The number of ether oxygens (including phenoxy) is 2. The van der Waals surface area contributed by atoms with Gasteiger partial charge < -0.3 is 14.6 Å². The molecule has 156 valence electrons. The van der Waals surface area contributed by atoms with Gasteiger partial charge in [-0.1, -0.05) is 19.4 Å². The summed E-state index contributed by atoms with van der Waals surface area (Å²) in [7, 11) is 0. The van der Waals surface area contributed by atoms with Crippen LogP contribution in [-0.2, 0) is 17.6 Å². The maximum absolute atomic E-state index is 12.3. The first-order valence-electron chi connectivity index (χ1n) is 10.7. The minimum atomic E-state index is -0.785. The largest absolute Gasteiger partial charge is 0.481 e. The monoisotopic (exact) mass is 423 g/mol. The number of rotatable bonds is 5. The van der Waals surface area contributed by atoms with E-state index in [2.05, 4.69) is 0 Å². The van der Waals surface area contributed by atoms with E-state index in [1.807, 2.05) is 32.0 Å². The molecule has 1 atom stereocenters. The number of hydrogen-bond acceptors (Lipinski definition) is 5. The third-order valence-corrected chi connectivity index (χ3v) is 7.40. The summed E-state index contributed by atoms with van der Waals surface area (Å²) in [5, 5.41) is 11.2. The minimum Gasteiger partial charge on any atom is -0.481 e. The zero-order chi connectivity index (χ0) is 20.8. The van der Waals surface area contributed by atoms with Gasteiger partial charge in [0, 0.05) is 16.0 Å². The van der Waals surface area contributed by atoms with Crippen LogP contribution in [0, 0.1) is 6.92 Å². The van der Waals surface area contributed by atoms with Crippen LogP contribution >= 0.6 is 11.3 Å². The van der Waals surface area contributed by atoms with E-state index in [0.29, 0.717) is 12.2 Å². The number of nitrogens with zero attached hydrogens (tertiary/aromatic N) is 1. The first kappa shape index (κ1) is 19.4. The van der Waals surface area contributed by atoms with Crippen molar-refractivity contribution in [2.75, 3.05) is 6.79 Å². The van der Waals surface area contributed by atoms with Crippen LogP contribution < -0.4 is 9.47 Å². The highest BCUT2D eigenvalue weighted by Gasteiger charge is 2.30. The molecule has 1 aliphatic carbocycles. The quantitative estimate of drug-likeness (QED) is 0.558. The van der Waals surface area contributed by atoms with Gasteiger partial charge in [0.05, 0.1) is 5.92 Å². The SMILES string of the molecule is CCCC(C(=O)O)c1c(C)nc2sc3c(c2c1-c1ccc2c(c1)OCO2)CCCC3. The van der Waals surface area contributed by atoms with Crippen molar-refractivity contribution in [3.8, 4) is 22.6 Å². The molecule has 0 saturated carbocycles. The standard InChI is InChI=1S/C24H25NO4S/c1-3-6-16(24(26)27)20-13(2)25-23-22(15-7-4-5-8-19(15)30-23)21(20)14-9-10-17-18(11-14)29-12-28-17/h9-11,16H,3-8,12H2,1-2H3,(H,26,27). The first-order valence-corrected chi connectivity index (χ1v) is 11.5. The fraction of sp³-hybridized carbons (Fsp3) is 0.417. The molecule has 3 heterocycles. The molecule has 5 rings (SSSR count). The van der Waals surface area contributed by atoms with Crippen LogP contribution in [0.2, 0.25) is 0 Å². The van der Waals surface area contributed by atoms with Gasteiger partial charge in [0.1, 0.15) is 4.83 Å². The topological polar surface area (TPSA) is 68.7 Å². The zero-order valence-electron chi connectivity index (χ0n) is 17.3. The molecule has 3 aromatic rings. The van der Waals surface area contributed by atoms with Gasteiger partial charge in [-0.05, 0) is 73.4 Å². The number of aromatic nitrogens is 1. The van der Waals surface area contributed by atoms with Gasteiger partial charge in [-0.2, -0.15) is 0 Å².